The number of nitrogens with zero attached hydrogens (tertiary/aromatic N) is 1. The lowest BCUT2D eigenvalue weighted by atomic mass is 10.0. The number of para-hydroxylation sites is 1. The molecule has 0 radical (unpaired) electrons. The summed E-state index contributed by atoms with van der Waals surface area (Å²) in [5, 5.41) is 5.19. The number of amides is 2. The summed E-state index contributed by atoms with van der Waals surface area (Å²) in [4.78, 5) is 28.4. The molecule has 0 fully saturated rings. The molecule has 2 amide bonds. The molecule has 0 aromatic heterocycles. The molecule has 0 saturated heterocycles. The fourth-order valence-corrected chi connectivity index (χ4v) is 4.18. The van der Waals surface area contributed by atoms with Gasteiger partial charge in [0.25, 0.3) is 0 Å². The highest BCUT2D eigenvalue weighted by Crippen LogP contribution is 2.20. The molecular formula is C29H28N2O2. The van der Waals surface area contributed by atoms with Crippen molar-refractivity contribution in [2.45, 2.75) is 25.8 Å². The van der Waals surface area contributed by atoms with Gasteiger partial charge in [0.1, 0.15) is 6.04 Å². The van der Waals surface area contributed by atoms with Gasteiger partial charge in [-0.1, -0.05) is 91.0 Å². The van der Waals surface area contributed by atoms with E-state index in [-0.39, 0.29) is 18.2 Å². The van der Waals surface area contributed by atoms with E-state index < -0.39 is 6.04 Å². The van der Waals surface area contributed by atoms with Crippen molar-refractivity contribution in [3.05, 3.63) is 114 Å². The fourth-order valence-electron chi connectivity index (χ4n) is 4.18. The summed E-state index contributed by atoms with van der Waals surface area (Å²) in [5.41, 5.74) is 2.78. The molecule has 0 bridgehead atoms. The van der Waals surface area contributed by atoms with E-state index in [0.717, 1.165) is 27.6 Å². The van der Waals surface area contributed by atoms with E-state index in [1.807, 2.05) is 110 Å². The van der Waals surface area contributed by atoms with Crippen LogP contribution in [0.1, 0.15) is 18.1 Å². The van der Waals surface area contributed by atoms with E-state index in [9.17, 15) is 9.59 Å². The van der Waals surface area contributed by atoms with E-state index in [1.165, 1.54) is 0 Å². The van der Waals surface area contributed by atoms with E-state index in [4.69, 9.17) is 0 Å². The Morgan fingerprint density at radius 2 is 1.42 bits per heavy atom. The monoisotopic (exact) mass is 436 g/mol. The van der Waals surface area contributed by atoms with Gasteiger partial charge >= 0.3 is 0 Å². The molecule has 1 atom stereocenters. The van der Waals surface area contributed by atoms with Crippen LogP contribution < -0.4 is 10.2 Å². The average molecular weight is 437 g/mol. The van der Waals surface area contributed by atoms with E-state index in [2.05, 4.69) is 5.32 Å². The maximum absolute atomic E-state index is 13.6. The lowest BCUT2D eigenvalue weighted by Gasteiger charge is -2.27. The molecule has 0 aliphatic heterocycles. The first-order valence-corrected chi connectivity index (χ1v) is 11.3. The summed E-state index contributed by atoms with van der Waals surface area (Å²) in [7, 11) is 0. The first kappa shape index (κ1) is 22.3. The molecule has 0 aliphatic rings. The first-order valence-electron chi connectivity index (χ1n) is 11.3. The molecule has 1 unspecified atom stereocenters. The van der Waals surface area contributed by atoms with Gasteiger partial charge in [-0.2, -0.15) is 0 Å². The predicted molar refractivity (Wildman–Crippen MR) is 134 cm³/mol. The van der Waals surface area contributed by atoms with Crippen molar-refractivity contribution < 1.29 is 9.59 Å². The molecule has 4 aromatic rings. The Bertz CT molecular complexity index is 1220. The molecule has 0 heterocycles. The second kappa shape index (κ2) is 10.6. The number of benzene rings is 4. The summed E-state index contributed by atoms with van der Waals surface area (Å²) in [6.07, 6.45) is 0.654. The van der Waals surface area contributed by atoms with Gasteiger partial charge in [-0.3, -0.25) is 9.59 Å². The largest absolute Gasteiger partial charge is 0.344 e. The highest BCUT2D eigenvalue weighted by atomic mass is 16.2. The Hall–Kier alpha value is -3.92. The molecule has 0 aliphatic carbocycles. The summed E-state index contributed by atoms with van der Waals surface area (Å²) >= 11 is 0. The zero-order valence-electron chi connectivity index (χ0n) is 18.8. The Kier molecular flexibility index (Phi) is 7.16. The zero-order chi connectivity index (χ0) is 23.0. The molecular weight excluding hydrogens is 408 g/mol. The van der Waals surface area contributed by atoms with Crippen molar-refractivity contribution in [1.29, 1.82) is 0 Å². The third-order valence-corrected chi connectivity index (χ3v) is 5.80. The minimum atomic E-state index is -0.657. The number of anilines is 1. The van der Waals surface area contributed by atoms with Gasteiger partial charge in [0.2, 0.25) is 11.8 Å². The highest BCUT2D eigenvalue weighted by molar-refractivity contribution is 6.00. The van der Waals surface area contributed by atoms with Crippen LogP contribution in [0, 0.1) is 0 Å². The minimum Gasteiger partial charge on any atom is -0.344 e. The van der Waals surface area contributed by atoms with Crippen molar-refractivity contribution in [1.82, 2.24) is 5.32 Å². The Balaban J connectivity index is 1.57. The predicted octanol–water partition coefficient (Wildman–Crippen LogP) is 5.16. The molecule has 4 rings (SSSR count). The average Bonchev–Trinajstić information content (AvgIpc) is 2.85. The van der Waals surface area contributed by atoms with Gasteiger partial charge in [-0.15, -0.1) is 0 Å². The normalized spacial score (nSPS) is 11.7. The van der Waals surface area contributed by atoms with Crippen LogP contribution >= 0.6 is 0 Å². The third kappa shape index (κ3) is 5.47. The number of hydrogen-bond acceptors (Lipinski definition) is 2. The van der Waals surface area contributed by atoms with Crippen molar-refractivity contribution in [3.63, 3.8) is 0 Å². The SMILES string of the molecule is CCN(C(=O)C(Cc1ccccc1)NC(=O)Cc1cccc2ccccc12)c1ccccc1. The number of carbonyl (C=O) groups excluding carboxylic acids is 2. The van der Waals surface area contributed by atoms with Gasteiger partial charge in [0, 0.05) is 18.7 Å². The number of fused-ring (bicyclic) bond motifs is 1. The lowest BCUT2D eigenvalue weighted by Crippen LogP contribution is -2.50. The molecule has 4 nitrogen and oxygen atoms in total. The van der Waals surface area contributed by atoms with Crippen LogP contribution in [0.25, 0.3) is 10.8 Å². The van der Waals surface area contributed by atoms with Gasteiger partial charge in [-0.25, -0.2) is 0 Å². The van der Waals surface area contributed by atoms with Gasteiger partial charge in [-0.05, 0) is 41.0 Å². The van der Waals surface area contributed by atoms with Crippen molar-refractivity contribution >= 4 is 28.3 Å². The van der Waals surface area contributed by atoms with Gasteiger partial charge < -0.3 is 10.2 Å². The zero-order valence-corrected chi connectivity index (χ0v) is 18.8. The Labute approximate surface area is 194 Å². The van der Waals surface area contributed by atoms with Crippen LogP contribution in [0.5, 0.6) is 0 Å². The minimum absolute atomic E-state index is 0.112. The van der Waals surface area contributed by atoms with Crippen molar-refractivity contribution in [3.8, 4) is 0 Å². The molecule has 0 saturated carbocycles. The lowest BCUT2D eigenvalue weighted by molar-refractivity contribution is -0.127. The van der Waals surface area contributed by atoms with Crippen LogP contribution in [0.4, 0.5) is 5.69 Å². The molecule has 33 heavy (non-hydrogen) atoms. The van der Waals surface area contributed by atoms with Crippen LogP contribution in [0.3, 0.4) is 0 Å². The number of nitrogens with one attached hydrogen (secondary N) is 1. The van der Waals surface area contributed by atoms with Crippen LogP contribution in [-0.4, -0.2) is 24.4 Å². The van der Waals surface area contributed by atoms with Crippen LogP contribution in [-0.2, 0) is 22.4 Å². The molecule has 4 heteroatoms. The molecule has 4 aromatic carbocycles. The fraction of sp³-hybridized carbons (Fsp3) is 0.172. The maximum atomic E-state index is 13.6. The number of likely N-dealkylation sites (N-methyl/N-ethyl adjacent to an activating group) is 1. The van der Waals surface area contributed by atoms with E-state index in [1.54, 1.807) is 4.90 Å². The molecule has 166 valence electrons. The molecule has 0 spiro atoms. The van der Waals surface area contributed by atoms with Crippen molar-refractivity contribution in [2.75, 3.05) is 11.4 Å². The second-order valence-electron chi connectivity index (χ2n) is 8.04. The van der Waals surface area contributed by atoms with Gasteiger partial charge in [0.05, 0.1) is 6.42 Å². The summed E-state index contributed by atoms with van der Waals surface area (Å²) < 4.78 is 0. The quantitative estimate of drug-likeness (QED) is 0.415. The van der Waals surface area contributed by atoms with Gasteiger partial charge in [0.15, 0.2) is 0 Å². The maximum Gasteiger partial charge on any atom is 0.249 e. The molecule has 1 N–H and O–H groups in total. The summed E-state index contributed by atoms with van der Waals surface area (Å²) in [5.74, 6) is -0.274. The standard InChI is InChI=1S/C29H28N2O2/c1-2-31(25-17-7-4-8-18-25)29(33)27(20-22-12-5-3-6-13-22)30-28(32)21-24-16-11-15-23-14-9-10-19-26(23)24/h3-19,27H,2,20-21H2,1H3,(H,30,32). The topological polar surface area (TPSA) is 49.4 Å². The second-order valence-corrected chi connectivity index (χ2v) is 8.04. The smallest absolute Gasteiger partial charge is 0.249 e. The number of carbonyl (C=O) groups is 2. The van der Waals surface area contributed by atoms with E-state index in [0.29, 0.717) is 13.0 Å². The van der Waals surface area contributed by atoms with Crippen LogP contribution in [0.15, 0.2) is 103 Å². The highest BCUT2D eigenvalue weighted by Gasteiger charge is 2.26. The van der Waals surface area contributed by atoms with Crippen LogP contribution in [0.2, 0.25) is 0 Å². The summed E-state index contributed by atoms with van der Waals surface area (Å²) in [6.45, 7) is 2.47. The third-order valence-electron chi connectivity index (χ3n) is 5.80. The number of hydrogen-bond donors (Lipinski definition) is 1. The first-order chi connectivity index (χ1) is 16.2. The van der Waals surface area contributed by atoms with Crippen molar-refractivity contribution in [2.24, 2.45) is 0 Å². The summed E-state index contributed by atoms with van der Waals surface area (Å²) in [6, 6.07) is 32.7. The number of rotatable bonds is 8. The Morgan fingerprint density at radius 3 is 2.15 bits per heavy atom. The Morgan fingerprint density at radius 1 is 0.788 bits per heavy atom. The van der Waals surface area contributed by atoms with E-state index >= 15 is 0 Å².